The van der Waals surface area contributed by atoms with E-state index in [1.807, 2.05) is 24.3 Å². The average molecular weight is 360 g/mol. The summed E-state index contributed by atoms with van der Waals surface area (Å²) in [6.07, 6.45) is 4.01. The van der Waals surface area contributed by atoms with E-state index in [2.05, 4.69) is 15.3 Å². The lowest BCUT2D eigenvalue weighted by atomic mass is 10.1. The van der Waals surface area contributed by atoms with Crippen molar-refractivity contribution >= 4 is 11.6 Å². The van der Waals surface area contributed by atoms with Gasteiger partial charge in [-0.1, -0.05) is 17.7 Å². The first-order valence-electron chi connectivity index (χ1n) is 7.84. The van der Waals surface area contributed by atoms with E-state index < -0.39 is 6.10 Å². The molecule has 0 aliphatic rings. The smallest absolute Gasteiger partial charge is 0.181 e. The lowest BCUT2D eigenvalue weighted by Crippen LogP contribution is -2.26. The third kappa shape index (κ3) is 5.03. The molecule has 0 fully saturated rings. The van der Waals surface area contributed by atoms with Crippen molar-refractivity contribution < 1.29 is 14.3 Å². The molecule has 3 rings (SSSR count). The van der Waals surface area contributed by atoms with Crippen molar-refractivity contribution in [3.63, 3.8) is 0 Å². The van der Waals surface area contributed by atoms with Gasteiger partial charge in [0.05, 0.1) is 12.3 Å². The number of rotatable bonds is 8. The second kappa shape index (κ2) is 8.62. The number of benzene rings is 1. The number of aliphatic hydroxyl groups is 1. The van der Waals surface area contributed by atoms with Crippen molar-refractivity contribution in [1.29, 1.82) is 0 Å². The molecule has 130 valence electrons. The summed E-state index contributed by atoms with van der Waals surface area (Å²) in [4.78, 5) is 7.85. The number of aliphatic hydroxyl groups excluding tert-OH is 1. The van der Waals surface area contributed by atoms with Crippen LogP contribution in [0, 0.1) is 0 Å². The van der Waals surface area contributed by atoms with E-state index in [4.69, 9.17) is 20.8 Å². The van der Waals surface area contributed by atoms with Gasteiger partial charge < -0.3 is 19.6 Å². The summed E-state index contributed by atoms with van der Waals surface area (Å²) < 4.78 is 10.9. The lowest BCUT2D eigenvalue weighted by Gasteiger charge is -2.12. The van der Waals surface area contributed by atoms with Gasteiger partial charge in [0.25, 0.3) is 0 Å². The maximum Gasteiger partial charge on any atom is 0.181 e. The minimum atomic E-state index is -0.633. The number of pyridine rings is 1. The molecule has 2 aromatic heterocycles. The molecule has 6 nitrogen and oxygen atoms in total. The minimum absolute atomic E-state index is 0.409. The molecule has 0 saturated heterocycles. The van der Waals surface area contributed by atoms with Gasteiger partial charge in [-0.3, -0.25) is 0 Å². The van der Waals surface area contributed by atoms with Crippen molar-refractivity contribution in [2.45, 2.75) is 6.10 Å². The Morgan fingerprint density at radius 1 is 1.16 bits per heavy atom. The maximum atomic E-state index is 10.0. The van der Waals surface area contributed by atoms with Crippen molar-refractivity contribution in [3.8, 4) is 17.1 Å². The number of hydrogen-bond donors (Lipinski definition) is 2. The lowest BCUT2D eigenvalue weighted by molar-refractivity contribution is 0.171. The van der Waals surface area contributed by atoms with E-state index in [1.165, 1.54) is 6.39 Å². The number of hydrogen-bond acceptors (Lipinski definition) is 6. The summed E-state index contributed by atoms with van der Waals surface area (Å²) in [5.41, 5.74) is 1.67. The molecular weight excluding hydrogens is 342 g/mol. The van der Waals surface area contributed by atoms with E-state index >= 15 is 0 Å². The van der Waals surface area contributed by atoms with Crippen LogP contribution < -0.4 is 10.1 Å². The molecule has 2 heterocycles. The summed E-state index contributed by atoms with van der Waals surface area (Å²) in [5.74, 6) is 1.49. The molecule has 3 aromatic rings. The molecule has 0 unspecified atom stereocenters. The molecule has 1 atom stereocenters. The van der Waals surface area contributed by atoms with Gasteiger partial charge in [0.15, 0.2) is 12.2 Å². The highest BCUT2D eigenvalue weighted by Gasteiger charge is 2.07. The zero-order valence-corrected chi connectivity index (χ0v) is 14.2. The Labute approximate surface area is 150 Å². The molecule has 0 amide bonds. The Balaban J connectivity index is 1.37. The number of nitrogens with one attached hydrogen (secondary N) is 1. The fraction of sp³-hybridized carbons (Fsp3) is 0.222. The molecule has 0 bridgehead atoms. The highest BCUT2D eigenvalue weighted by atomic mass is 35.5. The molecule has 0 saturated carbocycles. The van der Waals surface area contributed by atoms with Gasteiger partial charge in [-0.2, -0.15) is 0 Å². The van der Waals surface area contributed by atoms with Crippen LogP contribution in [0.3, 0.4) is 0 Å². The first-order valence-corrected chi connectivity index (χ1v) is 8.22. The quantitative estimate of drug-likeness (QED) is 0.475. The first-order chi connectivity index (χ1) is 12.2. The van der Waals surface area contributed by atoms with Crippen LogP contribution in [-0.2, 0) is 0 Å². The highest BCUT2D eigenvalue weighted by Crippen LogP contribution is 2.21. The summed E-state index contributed by atoms with van der Waals surface area (Å²) in [6.45, 7) is 1.52. The van der Waals surface area contributed by atoms with Crippen LogP contribution >= 0.6 is 11.6 Å². The van der Waals surface area contributed by atoms with E-state index in [0.717, 1.165) is 22.6 Å². The SMILES string of the molecule is O[C@@H](CNCCOc1ccc(-c2cnco2)cc1)c1ccc(Cl)nc1. The van der Waals surface area contributed by atoms with E-state index in [0.29, 0.717) is 24.8 Å². The van der Waals surface area contributed by atoms with Crippen molar-refractivity contribution in [1.82, 2.24) is 15.3 Å². The van der Waals surface area contributed by atoms with Gasteiger partial charge in [0.2, 0.25) is 0 Å². The number of oxazole rings is 1. The summed E-state index contributed by atoms with van der Waals surface area (Å²) in [5, 5.41) is 13.6. The Hall–Kier alpha value is -2.41. The molecule has 0 aliphatic carbocycles. The standard InChI is InChI=1S/C18H18ClN3O3/c19-18-6-3-14(9-22-18)16(23)10-20-7-8-24-15-4-1-13(2-5-15)17-11-21-12-25-17/h1-6,9,11-12,16,20,23H,7-8,10H2/t16-/m0/s1. The minimum Gasteiger partial charge on any atom is -0.492 e. The summed E-state index contributed by atoms with van der Waals surface area (Å²) in [6, 6.07) is 11.0. The largest absolute Gasteiger partial charge is 0.492 e. The average Bonchev–Trinajstić information content (AvgIpc) is 3.17. The predicted octanol–water partition coefficient (Wildman–Crippen LogP) is 3.09. The Morgan fingerprint density at radius 2 is 2.00 bits per heavy atom. The molecule has 0 spiro atoms. The molecule has 1 aromatic carbocycles. The number of halogens is 1. The number of ether oxygens (including phenoxy) is 1. The molecule has 2 N–H and O–H groups in total. The predicted molar refractivity (Wildman–Crippen MR) is 94.5 cm³/mol. The molecule has 25 heavy (non-hydrogen) atoms. The van der Waals surface area contributed by atoms with Gasteiger partial charge >= 0.3 is 0 Å². The van der Waals surface area contributed by atoms with Crippen LogP contribution in [0.2, 0.25) is 5.15 Å². The van der Waals surface area contributed by atoms with Crippen LogP contribution in [0.4, 0.5) is 0 Å². The summed E-state index contributed by atoms with van der Waals surface area (Å²) >= 11 is 5.73. The highest BCUT2D eigenvalue weighted by molar-refractivity contribution is 6.29. The second-order valence-corrected chi connectivity index (χ2v) is 5.76. The fourth-order valence-corrected chi connectivity index (χ4v) is 2.37. The molecule has 0 aliphatic heterocycles. The normalized spacial score (nSPS) is 12.1. The van der Waals surface area contributed by atoms with Crippen molar-refractivity contribution in [2.24, 2.45) is 0 Å². The first kappa shape index (κ1) is 17.4. The topological polar surface area (TPSA) is 80.4 Å². The van der Waals surface area contributed by atoms with Crippen LogP contribution in [0.15, 0.2) is 59.6 Å². The van der Waals surface area contributed by atoms with E-state index in [9.17, 15) is 5.11 Å². The van der Waals surface area contributed by atoms with Crippen molar-refractivity contribution in [3.05, 3.63) is 65.9 Å². The van der Waals surface area contributed by atoms with E-state index in [1.54, 1.807) is 24.5 Å². The maximum absolute atomic E-state index is 10.0. The number of aromatic nitrogens is 2. The van der Waals surface area contributed by atoms with Crippen LogP contribution in [0.25, 0.3) is 11.3 Å². The van der Waals surface area contributed by atoms with Crippen molar-refractivity contribution in [2.75, 3.05) is 19.7 Å². The Kier molecular flexibility index (Phi) is 6.00. The third-order valence-electron chi connectivity index (χ3n) is 3.59. The molecule has 7 heteroatoms. The van der Waals surface area contributed by atoms with Crippen LogP contribution in [0.5, 0.6) is 5.75 Å². The van der Waals surface area contributed by atoms with Crippen LogP contribution in [-0.4, -0.2) is 34.8 Å². The zero-order valence-electron chi connectivity index (χ0n) is 13.4. The molecule has 0 radical (unpaired) electrons. The summed E-state index contributed by atoms with van der Waals surface area (Å²) in [7, 11) is 0. The van der Waals surface area contributed by atoms with E-state index in [-0.39, 0.29) is 0 Å². The molecular formula is C18H18ClN3O3. The Morgan fingerprint density at radius 3 is 2.68 bits per heavy atom. The van der Waals surface area contributed by atoms with Gasteiger partial charge in [-0.05, 0) is 30.3 Å². The van der Waals surface area contributed by atoms with Gasteiger partial charge in [0.1, 0.15) is 17.5 Å². The monoisotopic (exact) mass is 359 g/mol. The fourth-order valence-electron chi connectivity index (χ4n) is 2.26. The Bertz CT molecular complexity index is 761. The van der Waals surface area contributed by atoms with Gasteiger partial charge in [-0.25, -0.2) is 9.97 Å². The van der Waals surface area contributed by atoms with Gasteiger partial charge in [-0.15, -0.1) is 0 Å². The second-order valence-electron chi connectivity index (χ2n) is 5.37. The number of nitrogens with zero attached hydrogens (tertiary/aromatic N) is 2. The van der Waals surface area contributed by atoms with Gasteiger partial charge in [0, 0.05) is 30.4 Å². The zero-order chi connectivity index (χ0) is 17.5. The third-order valence-corrected chi connectivity index (χ3v) is 3.82. The van der Waals surface area contributed by atoms with Crippen LogP contribution in [0.1, 0.15) is 11.7 Å².